The van der Waals surface area contributed by atoms with Gasteiger partial charge in [-0.2, -0.15) is 0 Å². The van der Waals surface area contributed by atoms with E-state index >= 15 is 0 Å². The summed E-state index contributed by atoms with van der Waals surface area (Å²) in [6.45, 7) is 0. The molecule has 0 fully saturated rings. The quantitative estimate of drug-likeness (QED) is 0.465. The first-order valence-corrected chi connectivity index (χ1v) is 5.77. The lowest BCUT2D eigenvalue weighted by molar-refractivity contribution is -0.142. The topological polar surface area (TPSA) is 43.4 Å². The van der Waals surface area contributed by atoms with Crippen molar-refractivity contribution in [3.63, 3.8) is 0 Å². The first kappa shape index (κ1) is 12.3. The van der Waals surface area contributed by atoms with E-state index in [9.17, 15) is 9.59 Å². The molecule has 1 aromatic carbocycles. The van der Waals surface area contributed by atoms with Crippen LogP contribution in [0.15, 0.2) is 36.4 Å². The number of fused-ring (bicyclic) bond motifs is 1. The number of allylic oxidation sites excluding steroid dienone is 3. The zero-order chi connectivity index (χ0) is 13.0. The van der Waals surface area contributed by atoms with Crippen LogP contribution >= 0.6 is 0 Å². The third kappa shape index (κ3) is 2.74. The number of carbonyl (C=O) groups is 2. The van der Waals surface area contributed by atoms with Crippen molar-refractivity contribution >= 4 is 23.4 Å². The largest absolute Gasteiger partial charge is 0.469 e. The van der Waals surface area contributed by atoms with Gasteiger partial charge in [-0.15, -0.1) is 0 Å². The molecule has 0 aliphatic heterocycles. The number of hydrogen-bond donors (Lipinski definition) is 0. The third-order valence-corrected chi connectivity index (χ3v) is 2.82. The molecule has 0 atom stereocenters. The molecule has 92 valence electrons. The lowest BCUT2D eigenvalue weighted by Crippen LogP contribution is -2.07. The van der Waals surface area contributed by atoms with Gasteiger partial charge >= 0.3 is 5.97 Å². The standard InChI is InChI=1S/C15H14O3/c1-18-15(17)10-13(16)9-12-7-4-6-11-5-2-3-8-14(11)12/h2-6,8-9H,7,10H2,1H3. The van der Waals surface area contributed by atoms with Gasteiger partial charge in [0, 0.05) is 0 Å². The number of benzene rings is 1. The van der Waals surface area contributed by atoms with Crippen molar-refractivity contribution in [3.8, 4) is 0 Å². The van der Waals surface area contributed by atoms with Crippen molar-refractivity contribution in [2.45, 2.75) is 12.8 Å². The van der Waals surface area contributed by atoms with Gasteiger partial charge in [-0.1, -0.05) is 36.4 Å². The van der Waals surface area contributed by atoms with Gasteiger partial charge in [-0.25, -0.2) is 0 Å². The minimum Gasteiger partial charge on any atom is -0.469 e. The van der Waals surface area contributed by atoms with Crippen LogP contribution in [0.5, 0.6) is 0 Å². The zero-order valence-electron chi connectivity index (χ0n) is 10.2. The van der Waals surface area contributed by atoms with E-state index < -0.39 is 5.97 Å². The summed E-state index contributed by atoms with van der Waals surface area (Å²) in [5.74, 6) is -0.724. The van der Waals surface area contributed by atoms with E-state index in [0.29, 0.717) is 6.42 Å². The summed E-state index contributed by atoms with van der Waals surface area (Å²) >= 11 is 0. The van der Waals surface area contributed by atoms with Crippen LogP contribution in [0.3, 0.4) is 0 Å². The molecule has 0 unspecified atom stereocenters. The summed E-state index contributed by atoms with van der Waals surface area (Å²) in [4.78, 5) is 22.7. The van der Waals surface area contributed by atoms with Gasteiger partial charge in [0.25, 0.3) is 0 Å². The van der Waals surface area contributed by atoms with Crippen LogP contribution in [0.25, 0.3) is 11.6 Å². The predicted molar refractivity (Wildman–Crippen MR) is 69.7 cm³/mol. The lowest BCUT2D eigenvalue weighted by Gasteiger charge is -2.13. The average Bonchev–Trinajstić information content (AvgIpc) is 2.39. The minimum atomic E-state index is -0.503. The average molecular weight is 242 g/mol. The summed E-state index contributed by atoms with van der Waals surface area (Å²) in [5.41, 5.74) is 3.10. The number of rotatable bonds is 3. The number of methoxy groups -OCH3 is 1. The van der Waals surface area contributed by atoms with E-state index in [2.05, 4.69) is 4.74 Å². The Kier molecular flexibility index (Phi) is 3.72. The van der Waals surface area contributed by atoms with Crippen LogP contribution < -0.4 is 0 Å². The number of hydrogen-bond acceptors (Lipinski definition) is 3. The molecule has 0 radical (unpaired) electrons. The van der Waals surface area contributed by atoms with Crippen LogP contribution in [0.4, 0.5) is 0 Å². The fourth-order valence-electron chi connectivity index (χ4n) is 1.95. The van der Waals surface area contributed by atoms with Gasteiger partial charge in [-0.3, -0.25) is 9.59 Å². The number of carbonyl (C=O) groups excluding carboxylic acids is 2. The first-order valence-electron chi connectivity index (χ1n) is 5.77. The van der Waals surface area contributed by atoms with E-state index in [1.54, 1.807) is 6.08 Å². The minimum absolute atomic E-state index is 0.202. The molecule has 0 aromatic heterocycles. The molecule has 18 heavy (non-hydrogen) atoms. The summed E-state index contributed by atoms with van der Waals surface area (Å²) in [5, 5.41) is 0. The fraction of sp³-hybridized carbons (Fsp3) is 0.200. The van der Waals surface area contributed by atoms with E-state index in [1.807, 2.05) is 36.4 Å². The Morgan fingerprint density at radius 2 is 2.11 bits per heavy atom. The Balaban J connectivity index is 2.22. The maximum atomic E-state index is 11.7. The smallest absolute Gasteiger partial charge is 0.313 e. The SMILES string of the molecule is COC(=O)CC(=O)C=C1CC=Cc2ccccc21. The predicted octanol–water partition coefficient (Wildman–Crippen LogP) is 2.62. The molecule has 0 bridgehead atoms. The molecular weight excluding hydrogens is 228 g/mol. The number of ether oxygens (including phenoxy) is 1. The second kappa shape index (κ2) is 5.45. The van der Waals surface area contributed by atoms with E-state index in [-0.39, 0.29) is 12.2 Å². The molecule has 2 rings (SSSR count). The summed E-state index contributed by atoms with van der Waals surface area (Å²) in [7, 11) is 1.28. The Labute approximate surface area is 106 Å². The molecule has 0 amide bonds. The molecule has 3 heteroatoms. The summed E-state index contributed by atoms with van der Waals surface area (Å²) in [6, 6.07) is 7.89. The maximum absolute atomic E-state index is 11.7. The van der Waals surface area contributed by atoms with Gasteiger partial charge in [0.15, 0.2) is 5.78 Å². The summed E-state index contributed by atoms with van der Waals surface area (Å²) < 4.78 is 4.48. The second-order valence-corrected chi connectivity index (χ2v) is 4.08. The molecule has 0 N–H and O–H groups in total. The fourth-order valence-corrected chi connectivity index (χ4v) is 1.95. The highest BCUT2D eigenvalue weighted by atomic mass is 16.5. The Hall–Kier alpha value is -2.16. The van der Waals surface area contributed by atoms with Crippen molar-refractivity contribution in [2.75, 3.05) is 7.11 Å². The number of esters is 1. The van der Waals surface area contributed by atoms with Crippen LogP contribution in [0.2, 0.25) is 0 Å². The molecular formula is C15H14O3. The van der Waals surface area contributed by atoms with Crippen molar-refractivity contribution in [3.05, 3.63) is 47.5 Å². The van der Waals surface area contributed by atoms with Crippen LogP contribution in [0.1, 0.15) is 24.0 Å². The molecule has 0 saturated carbocycles. The Morgan fingerprint density at radius 1 is 1.33 bits per heavy atom. The molecule has 1 aromatic rings. The molecule has 0 saturated heterocycles. The number of ketones is 1. The van der Waals surface area contributed by atoms with E-state index in [0.717, 1.165) is 16.7 Å². The molecule has 1 aliphatic rings. The highest BCUT2D eigenvalue weighted by molar-refractivity contribution is 6.06. The lowest BCUT2D eigenvalue weighted by atomic mass is 9.91. The first-order chi connectivity index (χ1) is 8.70. The molecule has 1 aliphatic carbocycles. The summed E-state index contributed by atoms with van der Waals surface area (Å²) in [6.07, 6.45) is 6.10. The highest BCUT2D eigenvalue weighted by Gasteiger charge is 2.12. The van der Waals surface area contributed by atoms with Gasteiger partial charge in [0.05, 0.1) is 7.11 Å². The van der Waals surface area contributed by atoms with Crippen molar-refractivity contribution in [1.82, 2.24) is 0 Å². The van der Waals surface area contributed by atoms with Gasteiger partial charge in [-0.05, 0) is 29.2 Å². The Bertz CT molecular complexity index is 538. The molecule has 0 heterocycles. The van der Waals surface area contributed by atoms with Crippen LogP contribution in [-0.2, 0) is 14.3 Å². The van der Waals surface area contributed by atoms with Gasteiger partial charge in [0.2, 0.25) is 0 Å². The molecule has 3 nitrogen and oxygen atoms in total. The van der Waals surface area contributed by atoms with E-state index in [1.165, 1.54) is 7.11 Å². The van der Waals surface area contributed by atoms with Crippen LogP contribution in [-0.4, -0.2) is 18.9 Å². The molecule has 0 spiro atoms. The normalized spacial score (nSPS) is 15.3. The van der Waals surface area contributed by atoms with Gasteiger partial charge in [0.1, 0.15) is 6.42 Å². The van der Waals surface area contributed by atoms with Crippen molar-refractivity contribution in [2.24, 2.45) is 0 Å². The zero-order valence-corrected chi connectivity index (χ0v) is 10.2. The Morgan fingerprint density at radius 3 is 2.89 bits per heavy atom. The van der Waals surface area contributed by atoms with Crippen molar-refractivity contribution < 1.29 is 14.3 Å². The van der Waals surface area contributed by atoms with Crippen molar-refractivity contribution in [1.29, 1.82) is 0 Å². The maximum Gasteiger partial charge on any atom is 0.313 e. The van der Waals surface area contributed by atoms with Crippen LogP contribution in [0, 0.1) is 0 Å². The third-order valence-electron chi connectivity index (χ3n) is 2.82. The highest BCUT2D eigenvalue weighted by Crippen LogP contribution is 2.28. The monoisotopic (exact) mass is 242 g/mol. The van der Waals surface area contributed by atoms with Gasteiger partial charge < -0.3 is 4.74 Å². The van der Waals surface area contributed by atoms with E-state index in [4.69, 9.17) is 0 Å². The second-order valence-electron chi connectivity index (χ2n) is 4.08.